The number of unbranched alkanes of at least 4 members (excludes halogenated alkanes) is 2. The molecule has 4 rings (SSSR count). The second-order valence-electron chi connectivity index (χ2n) is 7.59. The second-order valence-corrected chi connectivity index (χ2v) is 8.73. The molecule has 1 aromatic heterocycles. The molecule has 2 aromatic carbocycles. The van der Waals surface area contributed by atoms with Gasteiger partial charge in [-0.05, 0) is 42.8 Å². The molecule has 1 amide bonds. The lowest BCUT2D eigenvalue weighted by molar-refractivity contribution is 0.0738. The highest BCUT2D eigenvalue weighted by Crippen LogP contribution is 2.33. The summed E-state index contributed by atoms with van der Waals surface area (Å²) in [6.07, 6.45) is 2.57. The average molecular weight is 483 g/mol. The van der Waals surface area contributed by atoms with Crippen molar-refractivity contribution in [1.82, 2.24) is 9.83 Å². The third-order valence-electron chi connectivity index (χ3n) is 5.18. The highest BCUT2D eigenvalue weighted by atomic mass is 31.1. The van der Waals surface area contributed by atoms with Gasteiger partial charge in [-0.15, -0.1) is 0 Å². The molecule has 9 nitrogen and oxygen atoms in total. The smallest absolute Gasteiger partial charge is 0.494 e. The summed E-state index contributed by atoms with van der Waals surface area (Å²) in [5.74, 6) is 0.612. The van der Waals surface area contributed by atoms with Crippen LogP contribution in [0, 0.1) is 0 Å². The van der Waals surface area contributed by atoms with Gasteiger partial charge in [0.1, 0.15) is 24.6 Å². The molecule has 0 radical (unpaired) electrons. The minimum Gasteiger partial charge on any atom is -0.494 e. The van der Waals surface area contributed by atoms with Gasteiger partial charge in [0, 0.05) is 21.8 Å². The van der Waals surface area contributed by atoms with Crippen LogP contribution in [-0.2, 0) is 13.8 Å². The van der Waals surface area contributed by atoms with Gasteiger partial charge in [0.2, 0.25) is 0 Å². The van der Waals surface area contributed by atoms with Crippen molar-refractivity contribution < 1.29 is 32.7 Å². The average Bonchev–Trinajstić information content (AvgIpc) is 3.52. The highest BCUT2D eigenvalue weighted by Gasteiger charge is 2.43. The van der Waals surface area contributed by atoms with Crippen molar-refractivity contribution in [3.63, 3.8) is 0 Å². The maximum absolute atomic E-state index is 12.3. The van der Waals surface area contributed by atoms with Crippen LogP contribution in [0.1, 0.15) is 36.5 Å². The molecule has 1 fully saturated rings. The van der Waals surface area contributed by atoms with Crippen molar-refractivity contribution in [3.8, 4) is 28.3 Å². The van der Waals surface area contributed by atoms with E-state index in [4.69, 9.17) is 18.5 Å². The highest BCUT2D eigenvalue weighted by molar-refractivity contribution is 7.38. The van der Waals surface area contributed by atoms with E-state index in [1.165, 1.54) is 12.1 Å². The second kappa shape index (κ2) is 10.9. The normalized spacial score (nSPS) is 13.5. The fourth-order valence-electron chi connectivity index (χ4n) is 3.29. The molecule has 0 N–H and O–H groups in total. The zero-order valence-electron chi connectivity index (χ0n) is 18.6. The Morgan fingerprint density at radius 3 is 2.50 bits per heavy atom. The van der Waals surface area contributed by atoms with E-state index in [1.807, 2.05) is 24.3 Å². The van der Waals surface area contributed by atoms with E-state index in [-0.39, 0.29) is 18.7 Å². The minimum absolute atomic E-state index is 0.114. The Balaban J connectivity index is 1.36. The predicted molar refractivity (Wildman–Crippen MR) is 123 cm³/mol. The Morgan fingerprint density at radius 1 is 1.09 bits per heavy atom. The summed E-state index contributed by atoms with van der Waals surface area (Å²) in [7, 11) is -2.64. The van der Waals surface area contributed by atoms with Gasteiger partial charge in [0.05, 0.1) is 12.2 Å². The SMILES string of the molecule is CCCCCOc1ccc(-c2cc(-c3ccc(C(=O)O[P+](=O)N4CCOC4=O)cc3)no2)cc1. The number of rotatable bonds is 10. The van der Waals surface area contributed by atoms with E-state index in [9.17, 15) is 14.2 Å². The first-order valence-corrected chi connectivity index (χ1v) is 12.1. The Bertz CT molecular complexity index is 1160. The molecule has 1 aliphatic rings. The summed E-state index contributed by atoms with van der Waals surface area (Å²) in [5.41, 5.74) is 2.39. The number of ether oxygens (including phenoxy) is 2. The number of aromatic nitrogens is 1. The van der Waals surface area contributed by atoms with E-state index >= 15 is 0 Å². The van der Waals surface area contributed by atoms with Gasteiger partial charge in [0.15, 0.2) is 5.76 Å². The first-order valence-electron chi connectivity index (χ1n) is 11.0. The number of nitrogens with zero attached hydrogens (tertiary/aromatic N) is 2. The lowest BCUT2D eigenvalue weighted by atomic mass is 10.1. The molecule has 1 unspecified atom stereocenters. The molecule has 1 aliphatic heterocycles. The van der Waals surface area contributed by atoms with Crippen LogP contribution in [0.25, 0.3) is 22.6 Å². The standard InChI is InChI=1S/C24H24N2O7P/c1-2-3-4-14-30-20-11-9-18(10-12-20)22-16-21(25-32-22)17-5-7-19(8-6-17)23(27)33-34(29)26-13-15-31-24(26)28/h5-12,16H,2-4,13-15H2,1H3/q+1. The number of carbonyl (C=O) groups is 2. The predicted octanol–water partition coefficient (Wildman–Crippen LogP) is 5.84. The molecule has 3 aromatic rings. The molecule has 0 bridgehead atoms. The largest absolute Gasteiger partial charge is 0.706 e. The first-order chi connectivity index (χ1) is 16.5. The van der Waals surface area contributed by atoms with Gasteiger partial charge in [-0.2, -0.15) is 4.52 Å². The summed E-state index contributed by atoms with van der Waals surface area (Å²) in [6.45, 7) is 3.08. The van der Waals surface area contributed by atoms with Crippen LogP contribution in [-0.4, -0.2) is 41.6 Å². The molecule has 176 valence electrons. The lowest BCUT2D eigenvalue weighted by Crippen LogP contribution is -2.17. The Morgan fingerprint density at radius 2 is 1.82 bits per heavy atom. The molecule has 1 atom stereocenters. The first kappa shape index (κ1) is 23.4. The minimum atomic E-state index is -2.64. The number of hydrogen-bond donors (Lipinski definition) is 0. The molecule has 34 heavy (non-hydrogen) atoms. The fraction of sp³-hybridized carbons (Fsp3) is 0.292. The van der Waals surface area contributed by atoms with E-state index in [0.29, 0.717) is 18.1 Å². The monoisotopic (exact) mass is 483 g/mol. The molecule has 1 saturated heterocycles. The van der Waals surface area contributed by atoms with Crippen molar-refractivity contribution in [2.24, 2.45) is 0 Å². The van der Waals surface area contributed by atoms with Crippen LogP contribution in [0.3, 0.4) is 0 Å². The number of carbonyl (C=O) groups excluding carboxylic acids is 2. The molecule has 0 saturated carbocycles. The van der Waals surface area contributed by atoms with Crippen molar-refractivity contribution in [1.29, 1.82) is 0 Å². The molecule has 0 aliphatic carbocycles. The van der Waals surface area contributed by atoms with E-state index in [2.05, 4.69) is 12.1 Å². The topological polar surface area (TPSA) is 108 Å². The molecular formula is C24H24N2O7P+. The summed E-state index contributed by atoms with van der Waals surface area (Å²) in [4.78, 5) is 23.7. The molecule has 10 heteroatoms. The summed E-state index contributed by atoms with van der Waals surface area (Å²) in [6, 6.07) is 15.9. The van der Waals surface area contributed by atoms with Crippen molar-refractivity contribution in [2.75, 3.05) is 19.8 Å². The summed E-state index contributed by atoms with van der Waals surface area (Å²) >= 11 is 0. The number of amides is 1. The van der Waals surface area contributed by atoms with Crippen LogP contribution in [0.4, 0.5) is 4.79 Å². The zero-order chi connectivity index (χ0) is 23.9. The number of benzene rings is 2. The summed E-state index contributed by atoms with van der Waals surface area (Å²) in [5, 5.41) is 4.11. The third-order valence-corrected chi connectivity index (χ3v) is 6.26. The van der Waals surface area contributed by atoms with Crippen LogP contribution in [0.5, 0.6) is 5.75 Å². The van der Waals surface area contributed by atoms with Crippen LogP contribution in [0.15, 0.2) is 59.1 Å². The van der Waals surface area contributed by atoms with Gasteiger partial charge in [-0.25, -0.2) is 9.59 Å². The van der Waals surface area contributed by atoms with Crippen LogP contribution < -0.4 is 4.74 Å². The van der Waals surface area contributed by atoms with Gasteiger partial charge in [-0.3, -0.25) is 0 Å². The molecule has 0 spiro atoms. The Labute approximate surface area is 197 Å². The zero-order valence-corrected chi connectivity index (χ0v) is 19.5. The van der Waals surface area contributed by atoms with Crippen LogP contribution >= 0.6 is 8.18 Å². The van der Waals surface area contributed by atoms with Gasteiger partial charge in [0.25, 0.3) is 0 Å². The maximum atomic E-state index is 12.3. The van der Waals surface area contributed by atoms with Crippen molar-refractivity contribution in [2.45, 2.75) is 26.2 Å². The fourth-order valence-corrected chi connectivity index (χ4v) is 4.07. The van der Waals surface area contributed by atoms with Gasteiger partial charge >= 0.3 is 20.2 Å². The number of cyclic esters (lactones) is 1. The van der Waals surface area contributed by atoms with E-state index < -0.39 is 20.2 Å². The molecule has 2 heterocycles. The van der Waals surface area contributed by atoms with Crippen molar-refractivity contribution in [3.05, 3.63) is 60.2 Å². The third kappa shape index (κ3) is 5.61. The lowest BCUT2D eigenvalue weighted by Gasteiger charge is -2.05. The maximum Gasteiger partial charge on any atom is 0.706 e. The molecular weight excluding hydrogens is 459 g/mol. The number of hydrogen-bond acceptors (Lipinski definition) is 8. The van der Waals surface area contributed by atoms with Gasteiger partial charge < -0.3 is 14.0 Å². The van der Waals surface area contributed by atoms with Crippen LogP contribution in [0.2, 0.25) is 0 Å². The Hall–Kier alpha value is -3.71. The quantitative estimate of drug-likeness (QED) is 0.261. The van der Waals surface area contributed by atoms with E-state index in [0.717, 1.165) is 40.8 Å². The summed E-state index contributed by atoms with van der Waals surface area (Å²) < 4.78 is 33.7. The van der Waals surface area contributed by atoms with E-state index in [1.54, 1.807) is 18.2 Å². The van der Waals surface area contributed by atoms with Gasteiger partial charge in [-0.1, -0.05) is 41.7 Å². The van der Waals surface area contributed by atoms with Crippen molar-refractivity contribution >= 4 is 20.2 Å². The Kier molecular flexibility index (Phi) is 7.54.